The molecule has 1 aliphatic rings. The molecule has 1 atom stereocenters. The van der Waals surface area contributed by atoms with Gasteiger partial charge in [0.25, 0.3) is 17.5 Å². The third-order valence-corrected chi connectivity index (χ3v) is 10.2. The van der Waals surface area contributed by atoms with Gasteiger partial charge in [0.15, 0.2) is 0 Å². The summed E-state index contributed by atoms with van der Waals surface area (Å²) in [6.45, 7) is 5.90. The van der Waals surface area contributed by atoms with Crippen LogP contribution in [-0.4, -0.2) is 57.8 Å². The van der Waals surface area contributed by atoms with E-state index in [1.54, 1.807) is 73.3 Å². The van der Waals surface area contributed by atoms with Gasteiger partial charge >= 0.3 is 5.97 Å². The van der Waals surface area contributed by atoms with Crippen LogP contribution in [0.3, 0.4) is 0 Å². The number of nitrogens with one attached hydrogen (secondary N) is 3. The molecule has 15 heteroatoms. The van der Waals surface area contributed by atoms with Gasteiger partial charge in [-0.2, -0.15) is 0 Å². The first kappa shape index (κ1) is 37.5. The smallest absolute Gasteiger partial charge is 0.341 e. The van der Waals surface area contributed by atoms with Gasteiger partial charge in [0.2, 0.25) is 11.8 Å². The maximum atomic E-state index is 13.5. The number of anilines is 2. The molecule has 3 N–H and O–H groups in total. The Morgan fingerprint density at radius 1 is 1.02 bits per heavy atom. The van der Waals surface area contributed by atoms with Gasteiger partial charge in [0.1, 0.15) is 10.7 Å². The number of fused-ring (bicyclic) bond motifs is 1. The first-order valence-corrected chi connectivity index (χ1v) is 17.9. The Kier molecular flexibility index (Phi) is 12.2. The number of hydrogen-bond donors (Lipinski definition) is 3. The first-order chi connectivity index (χ1) is 24.9. The zero-order valence-corrected chi connectivity index (χ0v) is 30.1. The quantitative estimate of drug-likeness (QED) is 0.0497. The predicted molar refractivity (Wildman–Crippen MR) is 199 cm³/mol. The van der Waals surface area contributed by atoms with Crippen molar-refractivity contribution in [3.8, 4) is 0 Å². The summed E-state index contributed by atoms with van der Waals surface area (Å²) in [5, 5.41) is 19.2. The van der Waals surface area contributed by atoms with E-state index in [0.29, 0.717) is 51.8 Å². The molecule has 4 aromatic rings. The van der Waals surface area contributed by atoms with Gasteiger partial charge in [0, 0.05) is 46.6 Å². The fourth-order valence-corrected chi connectivity index (χ4v) is 7.48. The summed E-state index contributed by atoms with van der Waals surface area (Å²) < 4.78 is 5.30. The molecule has 5 rings (SSSR count). The third kappa shape index (κ3) is 9.30. The number of nitrogens with zero attached hydrogens (tertiary/aromatic N) is 2. The number of esters is 1. The fraction of sp³-hybridized carbons (Fsp3) is 0.216. The second-order valence-electron chi connectivity index (χ2n) is 11.6. The van der Waals surface area contributed by atoms with E-state index in [1.807, 2.05) is 0 Å². The topological polar surface area (TPSA) is 177 Å². The summed E-state index contributed by atoms with van der Waals surface area (Å²) in [5.74, 6) is -2.13. The van der Waals surface area contributed by atoms with Gasteiger partial charge in [-0.15, -0.1) is 23.1 Å². The van der Waals surface area contributed by atoms with Crippen LogP contribution in [0.2, 0.25) is 0 Å². The SMILES string of the molecule is CCOC(=O)c1c(NC(=O)C(C)Sc2cccc(NC(=O)/C(=C\c3ccc([N+](=O)[O-])cc3)NC(=O)c3ccccc3)c2)sc2c1CCN(C(C)=O)C2. The average Bonchev–Trinajstić information content (AvgIpc) is 3.49. The van der Waals surface area contributed by atoms with Gasteiger partial charge in [0.05, 0.1) is 28.9 Å². The number of carbonyl (C=O) groups is 5. The van der Waals surface area contributed by atoms with Crippen molar-refractivity contribution in [1.29, 1.82) is 0 Å². The van der Waals surface area contributed by atoms with E-state index < -0.39 is 28.0 Å². The van der Waals surface area contributed by atoms with Crippen molar-refractivity contribution in [3.63, 3.8) is 0 Å². The molecule has 52 heavy (non-hydrogen) atoms. The third-order valence-electron chi connectivity index (χ3n) is 7.94. The van der Waals surface area contributed by atoms with Gasteiger partial charge in [-0.25, -0.2) is 4.79 Å². The van der Waals surface area contributed by atoms with Crippen LogP contribution in [0, 0.1) is 10.1 Å². The molecule has 1 unspecified atom stereocenters. The van der Waals surface area contributed by atoms with Gasteiger partial charge in [-0.3, -0.25) is 29.3 Å². The van der Waals surface area contributed by atoms with Crippen molar-refractivity contribution in [2.45, 2.75) is 43.9 Å². The number of carbonyl (C=O) groups excluding carboxylic acids is 5. The number of nitro groups is 1. The summed E-state index contributed by atoms with van der Waals surface area (Å²) in [6, 6.07) is 20.7. The van der Waals surface area contributed by atoms with Crippen molar-refractivity contribution < 1.29 is 33.6 Å². The molecule has 3 aromatic carbocycles. The van der Waals surface area contributed by atoms with E-state index in [-0.39, 0.29) is 29.8 Å². The normalized spacial score (nSPS) is 13.0. The Morgan fingerprint density at radius 2 is 1.75 bits per heavy atom. The maximum Gasteiger partial charge on any atom is 0.341 e. The minimum Gasteiger partial charge on any atom is -0.462 e. The lowest BCUT2D eigenvalue weighted by Gasteiger charge is -2.25. The number of thioether (sulfide) groups is 1. The Balaban J connectivity index is 1.31. The van der Waals surface area contributed by atoms with Crippen LogP contribution in [0.1, 0.15) is 57.5 Å². The molecule has 4 amide bonds. The lowest BCUT2D eigenvalue weighted by atomic mass is 10.0. The summed E-state index contributed by atoms with van der Waals surface area (Å²) in [6.07, 6.45) is 1.88. The Hall–Kier alpha value is -5.80. The van der Waals surface area contributed by atoms with Gasteiger partial charge < -0.3 is 25.6 Å². The number of amides is 4. The number of nitro benzene ring substituents is 1. The standard InChI is InChI=1S/C37H35N5O8S2/c1-4-50-37(47)32-29-17-18-41(23(3)43)21-31(29)52-36(32)40-33(44)22(2)51-28-12-8-11-26(20-28)38-35(46)30(39-34(45)25-9-6-5-7-10-25)19-24-13-15-27(16-14-24)42(48)49/h5-16,19-20,22H,4,17-18,21H2,1-3H3,(H,38,46)(H,39,45)(H,40,44)/b30-19+. The van der Waals surface area contributed by atoms with Crippen molar-refractivity contribution >= 4 is 75.1 Å². The van der Waals surface area contributed by atoms with Crippen molar-refractivity contribution in [1.82, 2.24) is 10.2 Å². The minimum atomic E-state index is -0.646. The molecule has 0 saturated carbocycles. The zero-order chi connectivity index (χ0) is 37.4. The number of benzene rings is 3. The van der Waals surface area contributed by atoms with E-state index in [4.69, 9.17) is 4.74 Å². The number of non-ortho nitro benzene ring substituents is 1. The maximum absolute atomic E-state index is 13.5. The monoisotopic (exact) mass is 741 g/mol. The van der Waals surface area contributed by atoms with Crippen LogP contribution in [0.15, 0.2) is 89.5 Å². The first-order valence-electron chi connectivity index (χ1n) is 16.2. The van der Waals surface area contributed by atoms with Gasteiger partial charge in [-0.1, -0.05) is 24.3 Å². The number of rotatable bonds is 12. The average molecular weight is 742 g/mol. The number of ether oxygens (including phenoxy) is 1. The molecular weight excluding hydrogens is 707 g/mol. The lowest BCUT2D eigenvalue weighted by Crippen LogP contribution is -2.34. The molecule has 13 nitrogen and oxygen atoms in total. The molecule has 0 spiro atoms. The largest absolute Gasteiger partial charge is 0.462 e. The minimum absolute atomic E-state index is 0.0700. The van der Waals surface area contributed by atoms with E-state index in [9.17, 15) is 34.1 Å². The molecule has 1 aromatic heterocycles. The fourth-order valence-electron chi connectivity index (χ4n) is 5.30. The lowest BCUT2D eigenvalue weighted by molar-refractivity contribution is -0.384. The van der Waals surface area contributed by atoms with E-state index in [1.165, 1.54) is 60.4 Å². The Bertz CT molecular complexity index is 2050. The van der Waals surface area contributed by atoms with Crippen LogP contribution in [-0.2, 0) is 32.1 Å². The summed E-state index contributed by atoms with van der Waals surface area (Å²) >= 11 is 2.49. The van der Waals surface area contributed by atoms with E-state index in [0.717, 1.165) is 10.4 Å². The molecule has 2 heterocycles. The summed E-state index contributed by atoms with van der Waals surface area (Å²) in [5.41, 5.74) is 2.03. The number of hydrogen-bond acceptors (Lipinski definition) is 10. The van der Waals surface area contributed by atoms with Gasteiger partial charge in [-0.05, 0) is 79.9 Å². The van der Waals surface area contributed by atoms with E-state index >= 15 is 0 Å². The second kappa shape index (κ2) is 16.9. The highest BCUT2D eigenvalue weighted by Crippen LogP contribution is 2.38. The number of thiophene rings is 1. The second-order valence-corrected chi connectivity index (χ2v) is 14.1. The summed E-state index contributed by atoms with van der Waals surface area (Å²) in [4.78, 5) is 78.7. The summed E-state index contributed by atoms with van der Waals surface area (Å²) in [7, 11) is 0. The predicted octanol–water partition coefficient (Wildman–Crippen LogP) is 6.27. The molecule has 0 fully saturated rings. The van der Waals surface area contributed by atoms with Crippen LogP contribution >= 0.6 is 23.1 Å². The van der Waals surface area contributed by atoms with Crippen molar-refractivity contribution in [2.75, 3.05) is 23.8 Å². The van der Waals surface area contributed by atoms with E-state index in [2.05, 4.69) is 16.0 Å². The molecule has 0 saturated heterocycles. The van der Waals surface area contributed by atoms with Crippen LogP contribution in [0.5, 0.6) is 0 Å². The molecule has 0 bridgehead atoms. The van der Waals surface area contributed by atoms with Crippen molar-refractivity contribution in [2.24, 2.45) is 0 Å². The van der Waals surface area contributed by atoms with Crippen molar-refractivity contribution in [3.05, 3.63) is 122 Å². The zero-order valence-electron chi connectivity index (χ0n) is 28.5. The molecule has 268 valence electrons. The van der Waals surface area contributed by atoms with Crippen LogP contribution in [0.4, 0.5) is 16.4 Å². The molecule has 0 aliphatic carbocycles. The molecule has 1 aliphatic heterocycles. The Labute approximate surface area is 307 Å². The molecular formula is C37H35N5O8S2. The Morgan fingerprint density at radius 3 is 2.42 bits per heavy atom. The molecule has 0 radical (unpaired) electrons. The highest BCUT2D eigenvalue weighted by molar-refractivity contribution is 8.00. The van der Waals surface area contributed by atoms with Crippen LogP contribution < -0.4 is 16.0 Å². The highest BCUT2D eigenvalue weighted by atomic mass is 32.2. The van der Waals surface area contributed by atoms with Crippen LogP contribution in [0.25, 0.3) is 6.08 Å². The highest BCUT2D eigenvalue weighted by Gasteiger charge is 2.31.